The third kappa shape index (κ3) is 5.58. The molecule has 0 fully saturated rings. The summed E-state index contributed by atoms with van der Waals surface area (Å²) in [5.41, 5.74) is 0.674. The van der Waals surface area contributed by atoms with Crippen LogP contribution in [-0.2, 0) is 4.74 Å². The van der Waals surface area contributed by atoms with E-state index in [1.165, 1.54) is 44.0 Å². The second-order valence-electron chi connectivity index (χ2n) is 5.74. The predicted molar refractivity (Wildman–Crippen MR) is 89.7 cm³/mol. The van der Waals surface area contributed by atoms with Gasteiger partial charge in [-0.2, -0.15) is 5.12 Å². The fourth-order valence-electron chi connectivity index (χ4n) is 2.46. The molecule has 126 valence electrons. The largest absolute Gasteiger partial charge is 0.508 e. The Kier molecular flexibility index (Phi) is 6.91. The van der Waals surface area contributed by atoms with Gasteiger partial charge in [-0.1, -0.05) is 55.6 Å². The molecule has 0 saturated heterocycles. The van der Waals surface area contributed by atoms with E-state index in [2.05, 4.69) is 11.9 Å². The number of benzene rings is 1. The molecule has 0 aliphatic carbocycles. The zero-order valence-corrected chi connectivity index (χ0v) is 13.6. The molecule has 4 nitrogen and oxygen atoms in total. The summed E-state index contributed by atoms with van der Waals surface area (Å²) >= 11 is 0. The van der Waals surface area contributed by atoms with Gasteiger partial charge in [0, 0.05) is 0 Å². The van der Waals surface area contributed by atoms with E-state index in [9.17, 15) is 9.59 Å². The number of hydrogen-bond acceptors (Lipinski definition) is 4. The zero-order chi connectivity index (χ0) is 16.5. The molecule has 1 aliphatic rings. The van der Waals surface area contributed by atoms with Crippen LogP contribution in [0.1, 0.15) is 57.2 Å². The van der Waals surface area contributed by atoms with Crippen LogP contribution in [-0.4, -0.2) is 23.1 Å². The summed E-state index contributed by atoms with van der Waals surface area (Å²) < 4.78 is 19.7. The Balaban J connectivity index is 1.74. The highest BCUT2D eigenvalue weighted by Gasteiger charge is 2.20. The molecule has 0 radical (unpaired) electrons. The van der Waals surface area contributed by atoms with E-state index in [0.717, 1.165) is 12.8 Å². The number of nitrogens with zero attached hydrogens (tertiary/aromatic N) is 2. The maximum atomic E-state index is 14.1. The van der Waals surface area contributed by atoms with E-state index in [4.69, 9.17) is 4.74 Å². The molecule has 1 aromatic rings. The normalized spacial score (nSPS) is 17.2. The van der Waals surface area contributed by atoms with Crippen LogP contribution in [0.3, 0.4) is 0 Å². The highest BCUT2D eigenvalue weighted by Crippen LogP contribution is 2.27. The average molecular weight is 320 g/mol. The minimum Gasteiger partial charge on any atom is -0.508 e. The van der Waals surface area contributed by atoms with Crippen molar-refractivity contribution in [3.63, 3.8) is 0 Å². The molecule has 23 heavy (non-hydrogen) atoms. The molecular formula is C18H25FN2O2. The number of phenols is 1. The summed E-state index contributed by atoms with van der Waals surface area (Å²) in [6.07, 6.45) is 9.30. The van der Waals surface area contributed by atoms with Crippen molar-refractivity contribution < 1.29 is 14.3 Å². The number of aliphatic imine (C=N–C) groups is 1. The lowest BCUT2D eigenvalue weighted by Crippen LogP contribution is -2.19. The second-order valence-corrected chi connectivity index (χ2v) is 5.74. The molecule has 0 spiro atoms. The predicted octanol–water partition coefficient (Wildman–Crippen LogP) is 4.88. The molecule has 1 aliphatic heterocycles. The van der Waals surface area contributed by atoms with Gasteiger partial charge in [0.05, 0.1) is 19.0 Å². The molecule has 0 saturated carbocycles. The minimum absolute atomic E-state index is 0.150. The van der Waals surface area contributed by atoms with Crippen molar-refractivity contribution in [2.24, 2.45) is 4.99 Å². The van der Waals surface area contributed by atoms with Gasteiger partial charge in [-0.25, -0.2) is 0 Å². The first-order chi connectivity index (χ1) is 11.2. The van der Waals surface area contributed by atoms with Crippen LogP contribution in [0, 0.1) is 0 Å². The molecule has 0 aromatic heterocycles. The van der Waals surface area contributed by atoms with Crippen LogP contribution in [0.2, 0.25) is 0 Å². The van der Waals surface area contributed by atoms with E-state index in [1.807, 2.05) is 0 Å². The Morgan fingerprint density at radius 1 is 1.13 bits per heavy atom. The van der Waals surface area contributed by atoms with Crippen molar-refractivity contribution in [1.82, 2.24) is 5.12 Å². The number of rotatable bonds is 9. The van der Waals surface area contributed by atoms with Crippen LogP contribution in [0.25, 0.3) is 0 Å². The van der Waals surface area contributed by atoms with Crippen molar-refractivity contribution >= 4 is 6.21 Å². The number of aromatic hydroxyl groups is 1. The van der Waals surface area contributed by atoms with E-state index in [0.29, 0.717) is 23.1 Å². The number of hydrogen-bond donors (Lipinski definition) is 1. The molecule has 2 rings (SSSR count). The monoisotopic (exact) mass is 320 g/mol. The van der Waals surface area contributed by atoms with Gasteiger partial charge in [0.2, 0.25) is 0 Å². The maximum Gasteiger partial charge on any atom is 0.175 e. The van der Waals surface area contributed by atoms with Crippen LogP contribution in [0.15, 0.2) is 41.2 Å². The fourth-order valence-corrected chi connectivity index (χ4v) is 2.46. The van der Waals surface area contributed by atoms with Crippen molar-refractivity contribution in [1.29, 1.82) is 0 Å². The Bertz CT molecular complexity index is 528. The van der Waals surface area contributed by atoms with Gasteiger partial charge in [0.1, 0.15) is 5.75 Å². The Labute approximate surface area is 137 Å². The Hall–Kier alpha value is -2.04. The highest BCUT2D eigenvalue weighted by molar-refractivity contribution is 5.76. The third-order valence-corrected chi connectivity index (χ3v) is 3.79. The number of allylic oxidation sites excluding steroid dienone is 1. The highest BCUT2D eigenvalue weighted by atomic mass is 19.2. The summed E-state index contributed by atoms with van der Waals surface area (Å²) in [5, 5.41) is 9.80. The molecule has 1 N–H and O–H groups in total. The van der Waals surface area contributed by atoms with E-state index in [1.54, 1.807) is 18.3 Å². The van der Waals surface area contributed by atoms with Crippen LogP contribution in [0.5, 0.6) is 5.75 Å². The first-order valence-corrected chi connectivity index (χ1v) is 8.31. The lowest BCUT2D eigenvalue weighted by molar-refractivity contribution is 0.0296. The number of halogens is 1. The molecule has 0 bridgehead atoms. The first-order valence-electron chi connectivity index (χ1n) is 8.31. The lowest BCUT2D eigenvalue weighted by Gasteiger charge is -2.23. The Morgan fingerprint density at radius 3 is 2.52 bits per heavy atom. The fraction of sp³-hybridized carbons (Fsp3) is 0.500. The zero-order valence-electron chi connectivity index (χ0n) is 13.6. The number of phenolic OH excluding ortho intramolecular Hbond substituents is 1. The van der Waals surface area contributed by atoms with Crippen LogP contribution >= 0.6 is 0 Å². The first kappa shape index (κ1) is 17.3. The third-order valence-electron chi connectivity index (χ3n) is 3.79. The average Bonchev–Trinajstić information content (AvgIpc) is 2.55. The lowest BCUT2D eigenvalue weighted by atomic mass is 10.1. The molecule has 1 unspecified atom stereocenters. The SMILES string of the molecule is CCCCCCCCOC1=CN(F)C(c2ccc(O)cc2)N=C1. The maximum absolute atomic E-state index is 14.1. The number of unbranched alkanes of at least 4 members (excludes halogenated alkanes) is 5. The van der Waals surface area contributed by atoms with Crippen molar-refractivity contribution in [2.45, 2.75) is 51.6 Å². The van der Waals surface area contributed by atoms with Gasteiger partial charge in [0.25, 0.3) is 0 Å². The summed E-state index contributed by atoms with van der Waals surface area (Å²) in [6, 6.07) is 6.35. The number of ether oxygens (including phenoxy) is 1. The summed E-state index contributed by atoms with van der Waals surface area (Å²) in [6.45, 7) is 2.79. The van der Waals surface area contributed by atoms with E-state index < -0.39 is 6.17 Å². The smallest absolute Gasteiger partial charge is 0.175 e. The minimum atomic E-state index is -0.725. The van der Waals surface area contributed by atoms with E-state index >= 15 is 0 Å². The summed E-state index contributed by atoms with van der Waals surface area (Å²) in [7, 11) is 0. The summed E-state index contributed by atoms with van der Waals surface area (Å²) in [5.74, 6) is 0.591. The van der Waals surface area contributed by atoms with Crippen molar-refractivity contribution in [2.75, 3.05) is 6.61 Å². The standard InChI is InChI=1S/C18H25FN2O2/c1-2-3-4-5-6-7-12-23-17-13-20-18(21(19)14-17)15-8-10-16(22)11-9-15/h8-11,13-14,18,22H,2-7,12H2,1H3. The molecular weight excluding hydrogens is 295 g/mol. The molecule has 1 heterocycles. The van der Waals surface area contributed by atoms with Crippen molar-refractivity contribution in [3.8, 4) is 5.75 Å². The quantitative estimate of drug-likeness (QED) is 0.521. The van der Waals surface area contributed by atoms with Crippen LogP contribution in [0.4, 0.5) is 4.48 Å². The van der Waals surface area contributed by atoms with Gasteiger partial charge in [-0.3, -0.25) is 4.99 Å². The van der Waals surface area contributed by atoms with Crippen molar-refractivity contribution in [3.05, 3.63) is 41.8 Å². The molecule has 5 heteroatoms. The molecule has 1 atom stereocenters. The van der Waals surface area contributed by atoms with Crippen LogP contribution < -0.4 is 0 Å². The van der Waals surface area contributed by atoms with E-state index in [-0.39, 0.29) is 5.75 Å². The topological polar surface area (TPSA) is 45.1 Å². The molecule has 1 aromatic carbocycles. The van der Waals surface area contributed by atoms with Gasteiger partial charge >= 0.3 is 0 Å². The Morgan fingerprint density at radius 2 is 1.83 bits per heavy atom. The van der Waals surface area contributed by atoms with Gasteiger partial charge in [-0.15, -0.1) is 0 Å². The van der Waals surface area contributed by atoms with Gasteiger partial charge < -0.3 is 9.84 Å². The van der Waals surface area contributed by atoms with Gasteiger partial charge in [-0.05, 0) is 24.1 Å². The second kappa shape index (κ2) is 9.18. The molecule has 0 amide bonds. The van der Waals surface area contributed by atoms with Gasteiger partial charge in [0.15, 0.2) is 11.9 Å². The summed E-state index contributed by atoms with van der Waals surface area (Å²) in [4.78, 5) is 4.18.